The first kappa shape index (κ1) is 39.3. The first-order chi connectivity index (χ1) is 32.5. The molecule has 10 aromatic carbocycles. The van der Waals surface area contributed by atoms with Crippen molar-refractivity contribution in [2.75, 3.05) is 4.90 Å². The molecule has 0 aliphatic heterocycles. The molecular weight excluding hydrogens is 830 g/mol. The number of ether oxygens (including phenoxy) is 1. The van der Waals surface area contributed by atoms with Crippen LogP contribution in [0.2, 0.25) is 5.02 Å². The fraction of sp³-hybridized carbons (Fsp3) is 0.0164. The van der Waals surface area contributed by atoms with Crippen LogP contribution in [-0.2, 0) is 0 Å². The Morgan fingerprint density at radius 3 is 1.53 bits per heavy atom. The van der Waals surface area contributed by atoms with E-state index >= 15 is 0 Å². The van der Waals surface area contributed by atoms with E-state index in [1.807, 2.05) is 60.7 Å². The molecule has 0 bridgehead atoms. The van der Waals surface area contributed by atoms with Gasteiger partial charge in [-0.2, -0.15) is 0 Å². The Balaban J connectivity index is 0.958. The van der Waals surface area contributed by atoms with E-state index in [0.717, 1.165) is 105 Å². The van der Waals surface area contributed by atoms with Gasteiger partial charge >= 0.3 is 0 Å². The second-order valence-corrected chi connectivity index (χ2v) is 17.1. The smallest absolute Gasteiger partial charge is 0.136 e. The summed E-state index contributed by atoms with van der Waals surface area (Å²) in [6.07, 6.45) is 0. The standard InChI is InChI=1S/C61H40ClNO3/c1-39-11-9-14-45(33-39)52-18-10-17-51(42-12-3-2-4-13-42)61(52)63(47-27-21-40(22-28-47)43-25-31-55-53-15-5-7-19-57(53)65-59(55)34-43)48-36-46(62)37-50(38-48)64-49-29-23-41(24-30-49)44-26-32-56-54-16-6-8-20-58(54)66-60(56)35-44/h2-38H,1H3. The van der Waals surface area contributed by atoms with Crippen molar-refractivity contribution in [3.8, 4) is 56.0 Å². The van der Waals surface area contributed by atoms with Crippen LogP contribution in [0.3, 0.4) is 0 Å². The van der Waals surface area contributed by atoms with Crippen molar-refractivity contribution in [2.45, 2.75) is 6.92 Å². The van der Waals surface area contributed by atoms with Crippen LogP contribution in [0, 0.1) is 6.92 Å². The molecule has 0 amide bonds. The Bertz CT molecular complexity index is 3760. The predicted octanol–water partition coefficient (Wildman–Crippen LogP) is 18.4. The first-order valence-electron chi connectivity index (χ1n) is 22.1. The molecule has 5 heteroatoms. The van der Waals surface area contributed by atoms with Gasteiger partial charge in [-0.3, -0.25) is 0 Å². The van der Waals surface area contributed by atoms with Gasteiger partial charge in [0.25, 0.3) is 0 Å². The first-order valence-corrected chi connectivity index (χ1v) is 22.4. The van der Waals surface area contributed by atoms with Gasteiger partial charge in [0.15, 0.2) is 0 Å². The highest BCUT2D eigenvalue weighted by molar-refractivity contribution is 6.31. The van der Waals surface area contributed by atoms with Gasteiger partial charge in [0, 0.05) is 49.4 Å². The molecular formula is C61H40ClNO3. The van der Waals surface area contributed by atoms with E-state index in [0.29, 0.717) is 16.5 Å². The molecule has 0 N–H and O–H groups in total. The fourth-order valence-corrected chi connectivity index (χ4v) is 9.51. The lowest BCUT2D eigenvalue weighted by Crippen LogP contribution is -2.13. The van der Waals surface area contributed by atoms with Gasteiger partial charge in [-0.25, -0.2) is 0 Å². The average molecular weight is 870 g/mol. The van der Waals surface area contributed by atoms with E-state index < -0.39 is 0 Å². The minimum absolute atomic E-state index is 0.549. The summed E-state index contributed by atoms with van der Waals surface area (Å²) in [4.78, 5) is 2.31. The number of aryl methyl sites for hydroxylation is 1. The van der Waals surface area contributed by atoms with Crippen molar-refractivity contribution in [1.29, 1.82) is 0 Å². The van der Waals surface area contributed by atoms with Crippen molar-refractivity contribution < 1.29 is 13.6 Å². The van der Waals surface area contributed by atoms with Gasteiger partial charge in [0.2, 0.25) is 0 Å². The summed E-state index contributed by atoms with van der Waals surface area (Å²) in [7, 11) is 0. The van der Waals surface area contributed by atoms with Crippen LogP contribution in [-0.4, -0.2) is 0 Å². The molecule has 4 nitrogen and oxygen atoms in total. The molecule has 12 aromatic rings. The van der Waals surface area contributed by atoms with E-state index in [4.69, 9.17) is 25.2 Å². The van der Waals surface area contributed by atoms with E-state index in [9.17, 15) is 0 Å². The van der Waals surface area contributed by atoms with E-state index in [2.05, 4.69) is 176 Å². The van der Waals surface area contributed by atoms with Crippen molar-refractivity contribution in [1.82, 2.24) is 0 Å². The van der Waals surface area contributed by atoms with E-state index in [1.54, 1.807) is 0 Å². The van der Waals surface area contributed by atoms with Crippen LogP contribution in [0.15, 0.2) is 233 Å². The number of para-hydroxylation sites is 3. The third kappa shape index (κ3) is 7.24. The maximum Gasteiger partial charge on any atom is 0.136 e. The number of nitrogens with zero attached hydrogens (tertiary/aromatic N) is 1. The Kier molecular flexibility index (Phi) is 9.74. The molecule has 0 radical (unpaired) electrons. The van der Waals surface area contributed by atoms with Crippen molar-refractivity contribution in [3.63, 3.8) is 0 Å². The zero-order valence-corrected chi connectivity index (χ0v) is 36.7. The molecule has 0 atom stereocenters. The maximum absolute atomic E-state index is 7.11. The van der Waals surface area contributed by atoms with Crippen molar-refractivity contribution >= 4 is 72.5 Å². The van der Waals surface area contributed by atoms with Gasteiger partial charge in [-0.1, -0.05) is 163 Å². The van der Waals surface area contributed by atoms with Gasteiger partial charge in [-0.05, 0) is 113 Å². The lowest BCUT2D eigenvalue weighted by atomic mass is 9.93. The van der Waals surface area contributed by atoms with Gasteiger partial charge in [0.05, 0.1) is 11.4 Å². The molecule has 0 saturated carbocycles. The molecule has 0 fully saturated rings. The van der Waals surface area contributed by atoms with Crippen LogP contribution in [0.4, 0.5) is 17.1 Å². The minimum Gasteiger partial charge on any atom is -0.457 e. The monoisotopic (exact) mass is 869 g/mol. The lowest BCUT2D eigenvalue weighted by Gasteiger charge is -2.31. The topological polar surface area (TPSA) is 38.8 Å². The summed E-state index contributed by atoms with van der Waals surface area (Å²) in [5, 5.41) is 4.99. The Morgan fingerprint density at radius 1 is 0.364 bits per heavy atom. The molecule has 0 spiro atoms. The average Bonchev–Trinajstić information content (AvgIpc) is 3.92. The van der Waals surface area contributed by atoms with Crippen LogP contribution in [0.25, 0.3) is 88.4 Å². The molecule has 314 valence electrons. The number of hydrogen-bond acceptors (Lipinski definition) is 4. The Labute approximate surface area is 387 Å². The predicted molar refractivity (Wildman–Crippen MR) is 274 cm³/mol. The Morgan fingerprint density at radius 2 is 0.894 bits per heavy atom. The molecule has 0 aliphatic carbocycles. The zero-order valence-electron chi connectivity index (χ0n) is 35.9. The maximum atomic E-state index is 7.11. The minimum atomic E-state index is 0.549. The number of furan rings is 2. The van der Waals surface area contributed by atoms with E-state index in [-0.39, 0.29) is 0 Å². The lowest BCUT2D eigenvalue weighted by molar-refractivity contribution is 0.483. The van der Waals surface area contributed by atoms with Gasteiger partial charge in [-0.15, -0.1) is 0 Å². The number of halogens is 1. The van der Waals surface area contributed by atoms with Gasteiger partial charge < -0.3 is 18.5 Å². The summed E-state index contributed by atoms with van der Waals surface area (Å²) in [6, 6.07) is 77.8. The third-order valence-corrected chi connectivity index (χ3v) is 12.6. The van der Waals surface area contributed by atoms with Crippen LogP contribution >= 0.6 is 11.6 Å². The zero-order chi connectivity index (χ0) is 44.1. The molecule has 12 rings (SSSR count). The second-order valence-electron chi connectivity index (χ2n) is 16.7. The highest BCUT2D eigenvalue weighted by Gasteiger charge is 2.23. The van der Waals surface area contributed by atoms with Crippen molar-refractivity contribution in [3.05, 3.63) is 235 Å². The van der Waals surface area contributed by atoms with Crippen LogP contribution < -0.4 is 9.64 Å². The van der Waals surface area contributed by atoms with Crippen molar-refractivity contribution in [2.24, 2.45) is 0 Å². The normalized spacial score (nSPS) is 11.5. The highest BCUT2D eigenvalue weighted by Crippen LogP contribution is 2.48. The quantitative estimate of drug-likeness (QED) is 0.145. The van der Waals surface area contributed by atoms with Gasteiger partial charge in [0.1, 0.15) is 33.8 Å². The summed E-state index contributed by atoms with van der Waals surface area (Å²) < 4.78 is 19.2. The second kappa shape index (κ2) is 16.4. The largest absolute Gasteiger partial charge is 0.457 e. The molecule has 0 unspecified atom stereocenters. The van der Waals surface area contributed by atoms with E-state index in [1.165, 1.54) is 5.56 Å². The molecule has 66 heavy (non-hydrogen) atoms. The summed E-state index contributed by atoms with van der Waals surface area (Å²) in [6.45, 7) is 2.13. The molecule has 0 aliphatic rings. The molecule has 2 aromatic heterocycles. The SMILES string of the molecule is Cc1cccc(-c2cccc(-c3ccccc3)c2N(c2ccc(-c3ccc4c(c3)oc3ccccc34)cc2)c2cc(Cl)cc(Oc3ccc(-c4ccc5c(c4)oc4ccccc45)cc3)c2)c1. The number of rotatable bonds is 9. The summed E-state index contributed by atoms with van der Waals surface area (Å²) in [5.74, 6) is 1.31. The fourth-order valence-electron chi connectivity index (χ4n) is 9.29. The summed E-state index contributed by atoms with van der Waals surface area (Å²) >= 11 is 7.11. The number of hydrogen-bond donors (Lipinski definition) is 0. The molecule has 0 saturated heterocycles. The molecule has 2 heterocycles. The summed E-state index contributed by atoms with van der Waals surface area (Å²) in [5.41, 5.74) is 16.2. The number of fused-ring (bicyclic) bond motifs is 6. The Hall–Kier alpha value is -8.31. The van der Waals surface area contributed by atoms with Crippen LogP contribution in [0.1, 0.15) is 5.56 Å². The number of benzene rings is 10. The van der Waals surface area contributed by atoms with Crippen LogP contribution in [0.5, 0.6) is 11.5 Å². The third-order valence-electron chi connectivity index (χ3n) is 12.4. The highest BCUT2D eigenvalue weighted by atomic mass is 35.5. The number of anilines is 3.